The summed E-state index contributed by atoms with van der Waals surface area (Å²) in [6, 6.07) is 4.45. The van der Waals surface area contributed by atoms with Gasteiger partial charge in [0.25, 0.3) is 0 Å². The summed E-state index contributed by atoms with van der Waals surface area (Å²) in [5.74, 6) is 1.38. The Bertz CT molecular complexity index is 625. The number of hydrogen-bond acceptors (Lipinski definition) is 4. The second-order valence-electron chi connectivity index (χ2n) is 9.30. The number of anilines is 1. The lowest BCUT2D eigenvalue weighted by atomic mass is 9.94. The van der Waals surface area contributed by atoms with Crippen LogP contribution in [0, 0.1) is 5.92 Å². The number of carbonyl (C=O) groups is 1. The Morgan fingerprint density at radius 1 is 1.36 bits per heavy atom. The van der Waals surface area contributed by atoms with Gasteiger partial charge >= 0.3 is 6.09 Å². The lowest BCUT2D eigenvalue weighted by Gasteiger charge is -2.38. The van der Waals surface area contributed by atoms with Gasteiger partial charge in [-0.25, -0.2) is 9.78 Å². The molecule has 158 valence electrons. The Labute approximate surface area is 171 Å². The van der Waals surface area contributed by atoms with E-state index in [1.165, 1.54) is 12.8 Å². The highest BCUT2D eigenvalue weighted by molar-refractivity contribution is 5.87. The van der Waals surface area contributed by atoms with E-state index >= 15 is 0 Å². The Hall–Kier alpha value is -1.62. The third kappa shape index (κ3) is 6.47. The van der Waals surface area contributed by atoms with E-state index in [0.29, 0.717) is 18.5 Å². The molecule has 0 radical (unpaired) electrons. The summed E-state index contributed by atoms with van der Waals surface area (Å²) < 4.78 is 5.72. The second kappa shape index (κ2) is 10.2. The van der Waals surface area contributed by atoms with E-state index in [-0.39, 0.29) is 6.09 Å². The van der Waals surface area contributed by atoms with E-state index in [2.05, 4.69) is 36.7 Å². The van der Waals surface area contributed by atoms with Gasteiger partial charge in [-0.1, -0.05) is 39.7 Å². The summed E-state index contributed by atoms with van der Waals surface area (Å²) in [7, 11) is 0. The standard InChI is InChI=1S/C23H39N3O2/c1-7-8-16-26(22(27)28-23(4,5)6)21-19(12-11-14-24-21)20-13-9-10-15-25(20)17-18(2)3/h11-12,14,18,20H,7-10,13,15-17H2,1-6H3/t20-/m1/s1. The molecule has 1 aliphatic heterocycles. The predicted molar refractivity (Wildman–Crippen MR) is 116 cm³/mol. The fourth-order valence-electron chi connectivity index (χ4n) is 3.84. The lowest BCUT2D eigenvalue weighted by molar-refractivity contribution is 0.0577. The van der Waals surface area contributed by atoms with Crippen LogP contribution in [0.1, 0.15) is 85.3 Å². The van der Waals surface area contributed by atoms with Gasteiger partial charge in [-0.3, -0.25) is 9.80 Å². The van der Waals surface area contributed by atoms with Gasteiger partial charge < -0.3 is 4.74 Å². The molecule has 1 aliphatic rings. The average molecular weight is 390 g/mol. The molecule has 0 saturated carbocycles. The molecule has 28 heavy (non-hydrogen) atoms. The molecule has 1 atom stereocenters. The molecule has 0 bridgehead atoms. The molecule has 1 fully saturated rings. The van der Waals surface area contributed by atoms with Gasteiger partial charge in [-0.05, 0) is 58.6 Å². The zero-order valence-corrected chi connectivity index (χ0v) is 18.7. The number of piperidine rings is 1. The monoisotopic (exact) mass is 389 g/mol. The summed E-state index contributed by atoms with van der Waals surface area (Å²) in [4.78, 5) is 22.0. The van der Waals surface area contributed by atoms with Gasteiger partial charge in [-0.2, -0.15) is 0 Å². The summed E-state index contributed by atoms with van der Waals surface area (Å²) in [5, 5.41) is 0. The summed E-state index contributed by atoms with van der Waals surface area (Å²) in [6.07, 6.45) is 7.01. The van der Waals surface area contributed by atoms with Crippen molar-refractivity contribution in [1.82, 2.24) is 9.88 Å². The zero-order valence-electron chi connectivity index (χ0n) is 18.7. The van der Waals surface area contributed by atoms with Crippen molar-refractivity contribution in [3.63, 3.8) is 0 Å². The van der Waals surface area contributed by atoms with E-state index in [0.717, 1.165) is 43.7 Å². The molecule has 0 spiro atoms. The fraction of sp³-hybridized carbons (Fsp3) is 0.739. The first kappa shape index (κ1) is 22.7. The van der Waals surface area contributed by atoms with Crippen LogP contribution in [0.2, 0.25) is 0 Å². The van der Waals surface area contributed by atoms with Crippen LogP contribution < -0.4 is 4.90 Å². The van der Waals surface area contributed by atoms with Crippen molar-refractivity contribution in [2.24, 2.45) is 5.92 Å². The molecular formula is C23H39N3O2. The minimum atomic E-state index is -0.523. The molecule has 0 unspecified atom stereocenters. The quantitative estimate of drug-likeness (QED) is 0.591. The van der Waals surface area contributed by atoms with Crippen molar-refractivity contribution < 1.29 is 9.53 Å². The first-order valence-corrected chi connectivity index (χ1v) is 10.9. The molecule has 1 aromatic heterocycles. The normalized spacial score (nSPS) is 18.3. The smallest absolute Gasteiger partial charge is 0.416 e. The molecule has 0 aliphatic carbocycles. The van der Waals surface area contributed by atoms with Crippen molar-refractivity contribution in [2.75, 3.05) is 24.5 Å². The first-order chi connectivity index (χ1) is 13.2. The largest absolute Gasteiger partial charge is 0.443 e. The number of unbranched alkanes of at least 4 members (excludes halogenated alkanes) is 1. The Kier molecular flexibility index (Phi) is 8.29. The van der Waals surface area contributed by atoms with Crippen LogP contribution in [-0.2, 0) is 4.74 Å². The highest BCUT2D eigenvalue weighted by atomic mass is 16.6. The van der Waals surface area contributed by atoms with Crippen LogP contribution in [0.5, 0.6) is 0 Å². The van der Waals surface area contributed by atoms with Crippen LogP contribution >= 0.6 is 0 Å². The zero-order chi connectivity index (χ0) is 20.7. The molecule has 1 amide bonds. The topological polar surface area (TPSA) is 45.7 Å². The van der Waals surface area contributed by atoms with E-state index in [1.807, 2.05) is 26.8 Å². The Balaban J connectivity index is 2.37. The van der Waals surface area contributed by atoms with Crippen molar-refractivity contribution in [2.45, 2.75) is 85.3 Å². The number of ether oxygens (including phenoxy) is 1. The number of rotatable bonds is 7. The van der Waals surface area contributed by atoms with Crippen molar-refractivity contribution in [1.29, 1.82) is 0 Å². The highest BCUT2D eigenvalue weighted by Gasteiger charge is 2.31. The molecular weight excluding hydrogens is 350 g/mol. The maximum Gasteiger partial charge on any atom is 0.416 e. The number of carbonyl (C=O) groups excluding carboxylic acids is 1. The number of pyridine rings is 1. The van der Waals surface area contributed by atoms with Crippen LogP contribution in [0.3, 0.4) is 0 Å². The SMILES string of the molecule is CCCCN(C(=O)OC(C)(C)C)c1ncccc1[C@H]1CCCCN1CC(C)C. The summed E-state index contributed by atoms with van der Waals surface area (Å²) in [6.45, 7) is 15.2. The van der Waals surface area contributed by atoms with Gasteiger partial charge in [0.2, 0.25) is 0 Å². The molecule has 1 saturated heterocycles. The van der Waals surface area contributed by atoms with Gasteiger partial charge in [0, 0.05) is 30.9 Å². The van der Waals surface area contributed by atoms with Gasteiger partial charge in [0.1, 0.15) is 11.4 Å². The molecule has 0 aromatic carbocycles. The summed E-state index contributed by atoms with van der Waals surface area (Å²) >= 11 is 0. The maximum absolute atomic E-state index is 13.0. The van der Waals surface area contributed by atoms with E-state index in [4.69, 9.17) is 4.74 Å². The average Bonchev–Trinajstić information content (AvgIpc) is 2.61. The number of amides is 1. The Morgan fingerprint density at radius 3 is 2.75 bits per heavy atom. The third-order valence-corrected chi connectivity index (χ3v) is 4.99. The minimum absolute atomic E-state index is 0.299. The predicted octanol–water partition coefficient (Wildman–Crippen LogP) is 5.81. The van der Waals surface area contributed by atoms with Crippen LogP contribution in [0.25, 0.3) is 0 Å². The van der Waals surface area contributed by atoms with Gasteiger partial charge in [0.15, 0.2) is 0 Å². The molecule has 2 rings (SSSR count). The van der Waals surface area contributed by atoms with Crippen molar-refractivity contribution in [3.05, 3.63) is 23.9 Å². The van der Waals surface area contributed by atoms with Crippen LogP contribution in [-0.4, -0.2) is 41.2 Å². The fourth-order valence-corrected chi connectivity index (χ4v) is 3.84. The minimum Gasteiger partial charge on any atom is -0.443 e. The third-order valence-electron chi connectivity index (χ3n) is 4.99. The van der Waals surface area contributed by atoms with Crippen molar-refractivity contribution in [3.8, 4) is 0 Å². The summed E-state index contributed by atoms with van der Waals surface area (Å²) in [5.41, 5.74) is 0.634. The molecule has 5 nitrogen and oxygen atoms in total. The second-order valence-corrected chi connectivity index (χ2v) is 9.30. The number of likely N-dealkylation sites (tertiary alicyclic amines) is 1. The highest BCUT2D eigenvalue weighted by Crippen LogP contribution is 2.36. The van der Waals surface area contributed by atoms with Crippen LogP contribution in [0.4, 0.5) is 10.6 Å². The van der Waals surface area contributed by atoms with Gasteiger partial charge in [0.05, 0.1) is 0 Å². The van der Waals surface area contributed by atoms with Crippen molar-refractivity contribution >= 4 is 11.9 Å². The Morgan fingerprint density at radius 2 is 2.11 bits per heavy atom. The van der Waals surface area contributed by atoms with Crippen LogP contribution in [0.15, 0.2) is 18.3 Å². The molecule has 2 heterocycles. The molecule has 5 heteroatoms. The number of hydrogen-bond donors (Lipinski definition) is 0. The maximum atomic E-state index is 13.0. The first-order valence-electron chi connectivity index (χ1n) is 10.9. The molecule has 1 aromatic rings. The number of aromatic nitrogens is 1. The van der Waals surface area contributed by atoms with Gasteiger partial charge in [-0.15, -0.1) is 0 Å². The van der Waals surface area contributed by atoms with E-state index in [9.17, 15) is 4.79 Å². The lowest BCUT2D eigenvalue weighted by Crippen LogP contribution is -2.40. The van der Waals surface area contributed by atoms with E-state index < -0.39 is 5.60 Å². The molecule has 0 N–H and O–H groups in total. The van der Waals surface area contributed by atoms with E-state index in [1.54, 1.807) is 11.1 Å². The number of nitrogens with zero attached hydrogens (tertiary/aromatic N) is 3.